The van der Waals surface area contributed by atoms with E-state index in [1.54, 1.807) is 6.92 Å². The fourth-order valence-electron chi connectivity index (χ4n) is 3.29. The number of carbonyl (C=O) groups is 1. The minimum absolute atomic E-state index is 0.0687. The van der Waals surface area contributed by atoms with E-state index < -0.39 is 9.84 Å². The first-order valence-electron chi connectivity index (χ1n) is 7.76. The molecule has 130 valence electrons. The molecule has 0 radical (unpaired) electrons. The first kappa shape index (κ1) is 17.9. The largest absolute Gasteiger partial charge is 0.315 e. The maximum absolute atomic E-state index is 12.1. The third-order valence-corrected chi connectivity index (χ3v) is 7.95. The van der Waals surface area contributed by atoms with Crippen LogP contribution in [0, 0.1) is 13.8 Å². The Hall–Kier alpha value is -0.860. The second kappa shape index (κ2) is 6.46. The second-order valence-electron chi connectivity index (χ2n) is 6.20. The second-order valence-corrected chi connectivity index (χ2v) is 10.5. The number of carbonyl (C=O) groups excluding carboxylic acids is 1. The number of anilines is 1. The van der Waals surface area contributed by atoms with Crippen molar-refractivity contribution in [2.24, 2.45) is 4.99 Å². The van der Waals surface area contributed by atoms with E-state index in [9.17, 15) is 13.2 Å². The molecule has 0 spiro atoms. The average Bonchev–Trinajstić information content (AvgIpc) is 2.90. The smallest absolute Gasteiger partial charge is 0.247 e. The van der Waals surface area contributed by atoms with Crippen LogP contribution in [-0.4, -0.2) is 42.3 Å². The Kier molecular flexibility index (Phi) is 4.83. The summed E-state index contributed by atoms with van der Waals surface area (Å²) in [5.41, 5.74) is 3.02. The first-order chi connectivity index (χ1) is 11.2. The molecular weight excluding hydrogens is 412 g/mol. The normalized spacial score (nSPS) is 26.8. The monoisotopic (exact) mass is 430 g/mol. The lowest BCUT2D eigenvalue weighted by Crippen LogP contribution is -2.38. The van der Waals surface area contributed by atoms with Crippen LogP contribution in [0.3, 0.4) is 0 Å². The molecule has 0 N–H and O–H groups in total. The highest BCUT2D eigenvalue weighted by atomic mass is 79.9. The van der Waals surface area contributed by atoms with Gasteiger partial charge in [0.1, 0.15) is 0 Å². The number of aryl methyl sites for hydroxylation is 2. The van der Waals surface area contributed by atoms with Gasteiger partial charge in [-0.2, -0.15) is 4.99 Å². The summed E-state index contributed by atoms with van der Waals surface area (Å²) < 4.78 is 25.1. The SMILES string of the molecule is CCC(=O)N=C1S[C@H]2CS(=O)(=O)C[C@H]2N1c1c(C)cc(Br)cc1C. The number of hydrogen-bond donors (Lipinski definition) is 0. The average molecular weight is 431 g/mol. The number of thioether (sulfide) groups is 1. The fourth-order valence-corrected chi connectivity index (χ4v) is 7.90. The van der Waals surface area contributed by atoms with Gasteiger partial charge in [-0.25, -0.2) is 8.42 Å². The summed E-state index contributed by atoms with van der Waals surface area (Å²) in [5, 5.41) is 0.557. The molecule has 0 unspecified atom stereocenters. The Balaban J connectivity index is 2.12. The minimum Gasteiger partial charge on any atom is -0.315 e. The van der Waals surface area contributed by atoms with Gasteiger partial charge in [0.2, 0.25) is 5.91 Å². The molecule has 1 aromatic carbocycles. The van der Waals surface area contributed by atoms with Crippen molar-refractivity contribution in [3.8, 4) is 0 Å². The molecule has 0 saturated carbocycles. The maximum atomic E-state index is 12.1. The van der Waals surface area contributed by atoms with Crippen LogP contribution in [0.2, 0.25) is 0 Å². The standard InChI is InChI=1S/C16H19BrN2O3S2/c1-4-14(20)18-16-19(12-7-24(21,22)8-13(12)23-16)15-9(2)5-11(17)6-10(15)3/h5-6,12-13H,4,7-8H2,1-3H3/t12-,13+/m1/s1. The van der Waals surface area contributed by atoms with E-state index in [1.807, 2.05) is 30.9 Å². The lowest BCUT2D eigenvalue weighted by Gasteiger charge is -2.28. The number of nitrogens with zero attached hydrogens (tertiary/aromatic N) is 2. The van der Waals surface area contributed by atoms with Crippen LogP contribution >= 0.6 is 27.7 Å². The number of aliphatic imine (C=N–C) groups is 1. The first-order valence-corrected chi connectivity index (χ1v) is 11.3. The minimum atomic E-state index is -3.05. The zero-order valence-electron chi connectivity index (χ0n) is 13.7. The molecule has 5 nitrogen and oxygen atoms in total. The number of hydrogen-bond acceptors (Lipinski definition) is 4. The van der Waals surface area contributed by atoms with Crippen molar-refractivity contribution in [1.29, 1.82) is 0 Å². The molecule has 0 aromatic heterocycles. The Morgan fingerprint density at radius 1 is 1.33 bits per heavy atom. The van der Waals surface area contributed by atoms with Crippen LogP contribution in [-0.2, 0) is 14.6 Å². The lowest BCUT2D eigenvalue weighted by atomic mass is 10.1. The summed E-state index contributed by atoms with van der Waals surface area (Å²) in [7, 11) is -3.05. The molecule has 2 fully saturated rings. The summed E-state index contributed by atoms with van der Waals surface area (Å²) >= 11 is 4.91. The quantitative estimate of drug-likeness (QED) is 0.720. The highest BCUT2D eigenvalue weighted by Gasteiger charge is 2.49. The van der Waals surface area contributed by atoms with Crippen LogP contribution in [0.5, 0.6) is 0 Å². The van der Waals surface area contributed by atoms with Gasteiger partial charge in [0.25, 0.3) is 0 Å². The highest BCUT2D eigenvalue weighted by Crippen LogP contribution is 2.43. The summed E-state index contributed by atoms with van der Waals surface area (Å²) in [5.74, 6) is 0.0731. The van der Waals surface area contributed by atoms with Crippen molar-refractivity contribution >= 4 is 54.3 Å². The molecular formula is C16H19BrN2O3S2. The number of halogens is 1. The predicted octanol–water partition coefficient (Wildman–Crippen LogP) is 3.08. The van der Waals surface area contributed by atoms with E-state index in [0.717, 1.165) is 21.3 Å². The van der Waals surface area contributed by atoms with Crippen LogP contribution in [0.4, 0.5) is 5.69 Å². The van der Waals surface area contributed by atoms with E-state index in [2.05, 4.69) is 20.9 Å². The number of amides is 1. The molecule has 2 aliphatic rings. The van der Waals surface area contributed by atoms with E-state index in [1.165, 1.54) is 11.8 Å². The fraction of sp³-hybridized carbons (Fsp3) is 0.500. The topological polar surface area (TPSA) is 66.8 Å². The molecule has 24 heavy (non-hydrogen) atoms. The molecule has 3 rings (SSSR count). The predicted molar refractivity (Wildman–Crippen MR) is 103 cm³/mol. The van der Waals surface area contributed by atoms with Gasteiger partial charge >= 0.3 is 0 Å². The third kappa shape index (κ3) is 3.28. The molecule has 2 atom stereocenters. The number of sulfone groups is 1. The molecule has 1 aromatic rings. The van der Waals surface area contributed by atoms with Gasteiger partial charge in [0.05, 0.1) is 17.5 Å². The number of amidine groups is 1. The van der Waals surface area contributed by atoms with Gasteiger partial charge in [-0.15, -0.1) is 0 Å². The summed E-state index contributed by atoms with van der Waals surface area (Å²) in [4.78, 5) is 18.1. The van der Waals surface area contributed by atoms with Crippen LogP contribution < -0.4 is 4.90 Å². The van der Waals surface area contributed by atoms with Gasteiger partial charge in [0.15, 0.2) is 15.0 Å². The molecule has 2 heterocycles. The lowest BCUT2D eigenvalue weighted by molar-refractivity contribution is -0.117. The molecule has 2 saturated heterocycles. The Bertz CT molecular complexity index is 813. The molecule has 0 aliphatic carbocycles. The van der Waals surface area contributed by atoms with Crippen molar-refractivity contribution < 1.29 is 13.2 Å². The highest BCUT2D eigenvalue weighted by molar-refractivity contribution is 9.10. The van der Waals surface area contributed by atoms with Crippen molar-refractivity contribution in [1.82, 2.24) is 0 Å². The van der Waals surface area contributed by atoms with Crippen molar-refractivity contribution in [3.63, 3.8) is 0 Å². The summed E-state index contributed by atoms with van der Waals surface area (Å²) in [6, 6.07) is 3.84. The molecule has 2 aliphatic heterocycles. The third-order valence-electron chi connectivity index (χ3n) is 4.29. The molecule has 8 heteroatoms. The Labute approximate surface area is 155 Å². The zero-order chi connectivity index (χ0) is 17.6. The summed E-state index contributed by atoms with van der Waals surface area (Å²) in [6.07, 6.45) is 0.337. The summed E-state index contributed by atoms with van der Waals surface area (Å²) in [6.45, 7) is 5.76. The molecule has 1 amide bonds. The van der Waals surface area contributed by atoms with E-state index in [4.69, 9.17) is 0 Å². The Morgan fingerprint density at radius 3 is 2.54 bits per heavy atom. The van der Waals surface area contributed by atoms with Gasteiger partial charge < -0.3 is 4.90 Å². The van der Waals surface area contributed by atoms with Crippen molar-refractivity contribution in [2.45, 2.75) is 38.5 Å². The Morgan fingerprint density at radius 2 is 1.96 bits per heavy atom. The van der Waals surface area contributed by atoms with Crippen LogP contribution in [0.15, 0.2) is 21.6 Å². The number of rotatable bonds is 2. The van der Waals surface area contributed by atoms with E-state index in [-0.39, 0.29) is 28.7 Å². The number of fused-ring (bicyclic) bond motifs is 1. The van der Waals surface area contributed by atoms with Crippen LogP contribution in [0.25, 0.3) is 0 Å². The van der Waals surface area contributed by atoms with Gasteiger partial charge in [-0.05, 0) is 37.1 Å². The van der Waals surface area contributed by atoms with Crippen LogP contribution in [0.1, 0.15) is 24.5 Å². The number of benzene rings is 1. The van der Waals surface area contributed by atoms with Gasteiger partial charge in [-0.3, -0.25) is 4.79 Å². The van der Waals surface area contributed by atoms with E-state index in [0.29, 0.717) is 11.6 Å². The van der Waals surface area contributed by atoms with Gasteiger partial charge in [-0.1, -0.05) is 34.6 Å². The van der Waals surface area contributed by atoms with Gasteiger partial charge in [0, 0.05) is 21.8 Å². The molecule has 0 bridgehead atoms. The van der Waals surface area contributed by atoms with Crippen molar-refractivity contribution in [2.75, 3.05) is 16.4 Å². The van der Waals surface area contributed by atoms with E-state index >= 15 is 0 Å². The van der Waals surface area contributed by atoms with Crippen molar-refractivity contribution in [3.05, 3.63) is 27.7 Å². The maximum Gasteiger partial charge on any atom is 0.247 e. The zero-order valence-corrected chi connectivity index (χ0v) is 17.0.